The molecule has 0 radical (unpaired) electrons. The number of nitrogens with zero attached hydrogens (tertiary/aromatic N) is 1. The molecule has 1 unspecified atom stereocenters. The van der Waals surface area contributed by atoms with E-state index in [1.54, 1.807) is 29.2 Å². The maximum Gasteiger partial charge on any atom is 0.316 e. The Morgan fingerprint density at radius 3 is 2.31 bits per heavy atom. The second-order valence-corrected chi connectivity index (χ2v) is 7.53. The molecule has 1 heterocycles. The third-order valence-corrected chi connectivity index (χ3v) is 4.95. The van der Waals surface area contributed by atoms with Crippen LogP contribution in [-0.2, 0) is 4.79 Å². The molecule has 0 bridgehead atoms. The van der Waals surface area contributed by atoms with Crippen molar-refractivity contribution in [3.05, 3.63) is 59.2 Å². The molecule has 3 rings (SSSR count). The van der Waals surface area contributed by atoms with Crippen LogP contribution in [0.25, 0.3) is 0 Å². The normalized spacial score (nSPS) is 16.2. The molecule has 7 heteroatoms. The minimum atomic E-state index is -0.665. The quantitative estimate of drug-likeness (QED) is 0.741. The Kier molecular flexibility index (Phi) is 6.16. The SMILES string of the molecule is Cc1cc(C)cc(C(=O)N2CCCC(C(=O)Nc3cccc(NC(N)=O)c3)C2)c1. The van der Waals surface area contributed by atoms with E-state index in [-0.39, 0.29) is 17.7 Å². The zero-order valence-corrected chi connectivity index (χ0v) is 16.7. The fourth-order valence-corrected chi connectivity index (χ4v) is 3.72. The molecule has 7 nitrogen and oxygen atoms in total. The van der Waals surface area contributed by atoms with Gasteiger partial charge in [-0.2, -0.15) is 0 Å². The van der Waals surface area contributed by atoms with Crippen LogP contribution in [0.4, 0.5) is 16.2 Å². The second-order valence-electron chi connectivity index (χ2n) is 7.53. The van der Waals surface area contributed by atoms with E-state index < -0.39 is 6.03 Å². The Balaban J connectivity index is 1.66. The van der Waals surface area contributed by atoms with Crippen molar-refractivity contribution in [3.63, 3.8) is 0 Å². The lowest BCUT2D eigenvalue weighted by Crippen LogP contribution is -2.43. The van der Waals surface area contributed by atoms with Crippen LogP contribution in [0, 0.1) is 19.8 Å². The summed E-state index contributed by atoms with van der Waals surface area (Å²) in [5, 5.41) is 5.36. The number of carbonyl (C=O) groups is 3. The molecule has 1 aliphatic rings. The summed E-state index contributed by atoms with van der Waals surface area (Å²) in [5.41, 5.74) is 8.95. The summed E-state index contributed by atoms with van der Waals surface area (Å²) in [6, 6.07) is 11.9. The lowest BCUT2D eigenvalue weighted by atomic mass is 9.96. The van der Waals surface area contributed by atoms with Crippen LogP contribution < -0.4 is 16.4 Å². The van der Waals surface area contributed by atoms with Gasteiger partial charge in [0.25, 0.3) is 5.91 Å². The fourth-order valence-electron chi connectivity index (χ4n) is 3.72. The van der Waals surface area contributed by atoms with Crippen molar-refractivity contribution >= 4 is 29.2 Å². The number of urea groups is 1. The first-order valence-electron chi connectivity index (χ1n) is 9.67. The number of likely N-dealkylation sites (tertiary alicyclic amines) is 1. The van der Waals surface area contributed by atoms with Gasteiger partial charge in [-0.3, -0.25) is 9.59 Å². The van der Waals surface area contributed by atoms with Crippen LogP contribution in [0.3, 0.4) is 0 Å². The number of benzene rings is 2. The van der Waals surface area contributed by atoms with Gasteiger partial charge >= 0.3 is 6.03 Å². The number of nitrogens with one attached hydrogen (secondary N) is 2. The van der Waals surface area contributed by atoms with Gasteiger partial charge in [0.15, 0.2) is 0 Å². The molecule has 1 saturated heterocycles. The van der Waals surface area contributed by atoms with Crippen LogP contribution in [0.5, 0.6) is 0 Å². The number of hydrogen-bond acceptors (Lipinski definition) is 3. The van der Waals surface area contributed by atoms with Crippen LogP contribution in [-0.4, -0.2) is 35.8 Å². The first-order valence-corrected chi connectivity index (χ1v) is 9.67. The number of hydrogen-bond donors (Lipinski definition) is 3. The summed E-state index contributed by atoms with van der Waals surface area (Å²) in [7, 11) is 0. The Morgan fingerprint density at radius 1 is 1.00 bits per heavy atom. The summed E-state index contributed by atoms with van der Waals surface area (Å²) in [6.07, 6.45) is 1.50. The van der Waals surface area contributed by atoms with Gasteiger partial charge in [-0.15, -0.1) is 0 Å². The minimum absolute atomic E-state index is 0.0399. The van der Waals surface area contributed by atoms with E-state index in [1.165, 1.54) is 0 Å². The predicted molar refractivity (Wildman–Crippen MR) is 113 cm³/mol. The Bertz CT molecular complexity index is 921. The Morgan fingerprint density at radius 2 is 1.66 bits per heavy atom. The molecule has 0 spiro atoms. The standard InChI is InChI=1S/C22H26N4O3/c1-14-9-15(2)11-17(10-14)21(28)26-8-4-5-16(13-26)20(27)24-18-6-3-7-19(12-18)25-22(23)29/h3,6-7,9-12,16H,4-5,8,13H2,1-2H3,(H,24,27)(H3,23,25,29). The van der Waals surface area contributed by atoms with Crippen molar-refractivity contribution in [3.8, 4) is 0 Å². The summed E-state index contributed by atoms with van der Waals surface area (Å²) in [4.78, 5) is 38.4. The lowest BCUT2D eigenvalue weighted by molar-refractivity contribution is -0.121. The molecule has 2 aromatic rings. The second kappa shape index (κ2) is 8.77. The molecule has 1 atom stereocenters. The minimum Gasteiger partial charge on any atom is -0.351 e. The first-order chi connectivity index (χ1) is 13.8. The van der Waals surface area contributed by atoms with E-state index in [0.29, 0.717) is 30.0 Å². The van der Waals surface area contributed by atoms with Crippen molar-refractivity contribution in [1.29, 1.82) is 0 Å². The summed E-state index contributed by atoms with van der Waals surface area (Å²) < 4.78 is 0. The van der Waals surface area contributed by atoms with Crippen molar-refractivity contribution in [2.75, 3.05) is 23.7 Å². The molecule has 0 aliphatic carbocycles. The zero-order chi connectivity index (χ0) is 21.0. The molecule has 4 amide bonds. The fraction of sp³-hybridized carbons (Fsp3) is 0.318. The molecule has 4 N–H and O–H groups in total. The average Bonchev–Trinajstić information content (AvgIpc) is 2.66. The van der Waals surface area contributed by atoms with E-state index >= 15 is 0 Å². The Labute approximate surface area is 170 Å². The van der Waals surface area contributed by atoms with Gasteiger partial charge < -0.3 is 21.3 Å². The smallest absolute Gasteiger partial charge is 0.316 e. The van der Waals surface area contributed by atoms with Gasteiger partial charge in [-0.05, 0) is 57.0 Å². The molecular formula is C22H26N4O3. The van der Waals surface area contributed by atoms with E-state index in [0.717, 1.165) is 24.0 Å². The molecule has 2 aromatic carbocycles. The largest absolute Gasteiger partial charge is 0.351 e. The first kappa shape index (κ1) is 20.4. The summed E-state index contributed by atoms with van der Waals surface area (Å²) in [6.45, 7) is 4.97. The number of piperidine rings is 1. The maximum atomic E-state index is 12.9. The number of carbonyl (C=O) groups excluding carboxylic acids is 3. The van der Waals surface area contributed by atoms with Crippen LogP contribution in [0.15, 0.2) is 42.5 Å². The highest BCUT2D eigenvalue weighted by Crippen LogP contribution is 2.22. The van der Waals surface area contributed by atoms with E-state index in [1.807, 2.05) is 32.0 Å². The molecule has 1 aliphatic heterocycles. The van der Waals surface area contributed by atoms with Gasteiger partial charge in [0.2, 0.25) is 5.91 Å². The number of aryl methyl sites for hydroxylation is 2. The van der Waals surface area contributed by atoms with Crippen LogP contribution >= 0.6 is 0 Å². The lowest BCUT2D eigenvalue weighted by Gasteiger charge is -2.32. The van der Waals surface area contributed by atoms with Crippen molar-refractivity contribution in [2.45, 2.75) is 26.7 Å². The van der Waals surface area contributed by atoms with Gasteiger partial charge in [0, 0.05) is 30.0 Å². The number of rotatable bonds is 4. The van der Waals surface area contributed by atoms with Crippen molar-refractivity contribution < 1.29 is 14.4 Å². The molecule has 152 valence electrons. The van der Waals surface area contributed by atoms with Crippen LogP contribution in [0.1, 0.15) is 34.3 Å². The average molecular weight is 394 g/mol. The molecule has 0 saturated carbocycles. The van der Waals surface area contributed by atoms with Gasteiger partial charge in [-0.25, -0.2) is 4.79 Å². The highest BCUT2D eigenvalue weighted by molar-refractivity contribution is 5.97. The van der Waals surface area contributed by atoms with Crippen molar-refractivity contribution in [1.82, 2.24) is 4.90 Å². The third-order valence-electron chi connectivity index (χ3n) is 4.95. The number of anilines is 2. The monoisotopic (exact) mass is 394 g/mol. The van der Waals surface area contributed by atoms with Gasteiger partial charge in [0.05, 0.1) is 5.92 Å². The van der Waals surface area contributed by atoms with Crippen molar-refractivity contribution in [2.24, 2.45) is 11.7 Å². The Hall–Kier alpha value is -3.35. The predicted octanol–water partition coefficient (Wildman–Crippen LogP) is 3.28. The van der Waals surface area contributed by atoms with E-state index in [2.05, 4.69) is 10.6 Å². The topological polar surface area (TPSA) is 105 Å². The molecular weight excluding hydrogens is 368 g/mol. The highest BCUT2D eigenvalue weighted by Gasteiger charge is 2.29. The molecule has 29 heavy (non-hydrogen) atoms. The summed E-state index contributed by atoms with van der Waals surface area (Å²) in [5.74, 6) is -0.465. The summed E-state index contributed by atoms with van der Waals surface area (Å²) >= 11 is 0. The zero-order valence-electron chi connectivity index (χ0n) is 16.7. The molecule has 0 aromatic heterocycles. The van der Waals surface area contributed by atoms with E-state index in [4.69, 9.17) is 5.73 Å². The van der Waals surface area contributed by atoms with Gasteiger partial charge in [-0.1, -0.05) is 23.3 Å². The molecule has 1 fully saturated rings. The number of primary amides is 1. The highest BCUT2D eigenvalue weighted by atomic mass is 16.2. The maximum absolute atomic E-state index is 12.9. The third kappa shape index (κ3) is 5.34. The number of amides is 4. The van der Waals surface area contributed by atoms with E-state index in [9.17, 15) is 14.4 Å². The van der Waals surface area contributed by atoms with Crippen LogP contribution in [0.2, 0.25) is 0 Å². The van der Waals surface area contributed by atoms with Gasteiger partial charge in [0.1, 0.15) is 0 Å². The number of nitrogens with two attached hydrogens (primary N) is 1.